The molecule has 0 radical (unpaired) electrons. The minimum atomic E-state index is -0.730. The summed E-state index contributed by atoms with van der Waals surface area (Å²) in [7, 11) is 1.60. The van der Waals surface area contributed by atoms with Gasteiger partial charge in [-0.05, 0) is 18.4 Å². The van der Waals surface area contributed by atoms with E-state index in [0.717, 1.165) is 18.4 Å². The highest BCUT2D eigenvalue weighted by molar-refractivity contribution is 6.07. The Hall–Kier alpha value is -2.68. The van der Waals surface area contributed by atoms with Crippen molar-refractivity contribution < 1.29 is 23.9 Å². The number of methoxy groups -OCH3 is 1. The van der Waals surface area contributed by atoms with E-state index in [1.165, 1.54) is 4.90 Å². The highest BCUT2D eigenvalue weighted by Crippen LogP contribution is 2.34. The molecule has 1 saturated heterocycles. The molecule has 1 aliphatic carbocycles. The van der Waals surface area contributed by atoms with Gasteiger partial charge in [0.1, 0.15) is 12.1 Å². The summed E-state index contributed by atoms with van der Waals surface area (Å²) in [5.41, 5.74) is 0.0964. The van der Waals surface area contributed by atoms with E-state index in [0.29, 0.717) is 38.5 Å². The molecule has 3 rings (SSSR count). The molecule has 2 aliphatic rings. The molecule has 1 aromatic heterocycles. The molecule has 0 atom stereocenters. The zero-order valence-electron chi connectivity index (χ0n) is 16.0. The van der Waals surface area contributed by atoms with E-state index in [1.54, 1.807) is 19.4 Å². The van der Waals surface area contributed by atoms with Crippen LogP contribution in [-0.2, 0) is 20.9 Å². The number of aromatic nitrogens is 1. The third kappa shape index (κ3) is 4.59. The summed E-state index contributed by atoms with van der Waals surface area (Å²) in [5.74, 6) is 0.0657. The number of carbonyl (C=O) groups is 3. The number of hydrogen-bond acceptors (Lipinski definition) is 6. The molecule has 1 aliphatic heterocycles. The number of ether oxygens (including phenoxy) is 2. The Balaban J connectivity index is 1.41. The molecule has 2 heterocycles. The average molecular weight is 390 g/mol. The van der Waals surface area contributed by atoms with Gasteiger partial charge in [0.05, 0.1) is 6.61 Å². The number of nitrogens with one attached hydrogen (secondary N) is 2. The summed E-state index contributed by atoms with van der Waals surface area (Å²) in [4.78, 5) is 42.1. The lowest BCUT2D eigenvalue weighted by molar-refractivity contribution is -0.131. The number of carbonyl (C=O) groups excluding carboxylic acids is 3. The average Bonchev–Trinajstić information content (AvgIpc) is 3.25. The molecular formula is C19H26N4O5. The minimum Gasteiger partial charge on any atom is -0.475 e. The SMILES string of the molecule is COCCOc1ccc(CNC(=O)CCN2C(=O)NC3(CCCC3)C2=O)cn1. The molecule has 1 spiro atoms. The fourth-order valence-electron chi connectivity index (χ4n) is 3.53. The van der Waals surface area contributed by atoms with Crippen LogP contribution >= 0.6 is 0 Å². The van der Waals surface area contributed by atoms with Crippen LogP contribution in [0.4, 0.5) is 4.79 Å². The van der Waals surface area contributed by atoms with Gasteiger partial charge < -0.3 is 20.1 Å². The number of pyridine rings is 1. The Kier molecular flexibility index (Phi) is 6.45. The molecule has 28 heavy (non-hydrogen) atoms. The third-order valence-electron chi connectivity index (χ3n) is 5.09. The fraction of sp³-hybridized carbons (Fsp3) is 0.579. The zero-order chi connectivity index (χ0) is 20.0. The summed E-state index contributed by atoms with van der Waals surface area (Å²) in [5, 5.41) is 5.59. The molecule has 0 unspecified atom stereocenters. The first kappa shape index (κ1) is 20.1. The molecule has 2 fully saturated rings. The van der Waals surface area contributed by atoms with Crippen LogP contribution in [-0.4, -0.2) is 60.1 Å². The summed E-state index contributed by atoms with van der Waals surface area (Å²) < 4.78 is 10.3. The van der Waals surface area contributed by atoms with Gasteiger partial charge in [-0.2, -0.15) is 0 Å². The van der Waals surface area contributed by atoms with Gasteiger partial charge in [-0.15, -0.1) is 0 Å². The maximum atomic E-state index is 12.5. The third-order valence-corrected chi connectivity index (χ3v) is 5.09. The van der Waals surface area contributed by atoms with E-state index in [4.69, 9.17) is 9.47 Å². The van der Waals surface area contributed by atoms with Crippen LogP contribution in [0, 0.1) is 0 Å². The maximum Gasteiger partial charge on any atom is 0.325 e. The topological polar surface area (TPSA) is 110 Å². The van der Waals surface area contributed by atoms with Crippen LogP contribution in [0.25, 0.3) is 0 Å². The largest absolute Gasteiger partial charge is 0.475 e. The molecule has 0 bridgehead atoms. The minimum absolute atomic E-state index is 0.0703. The number of urea groups is 1. The second kappa shape index (κ2) is 9.01. The Labute approximate surface area is 163 Å². The van der Waals surface area contributed by atoms with Crippen molar-refractivity contribution in [3.63, 3.8) is 0 Å². The standard InChI is InChI=1S/C19H26N4O5/c1-27-10-11-28-16-5-4-14(13-21-16)12-20-15(24)6-9-23-17(25)19(22-18(23)26)7-2-3-8-19/h4-5,13H,2-3,6-12H2,1H3,(H,20,24)(H,22,26). The predicted octanol–water partition coefficient (Wildman–Crippen LogP) is 0.978. The Morgan fingerprint density at radius 2 is 2.07 bits per heavy atom. The molecule has 152 valence electrons. The van der Waals surface area contributed by atoms with Crippen LogP contribution in [0.15, 0.2) is 18.3 Å². The summed E-state index contributed by atoms with van der Waals surface area (Å²) in [6, 6.07) is 3.15. The van der Waals surface area contributed by atoms with E-state index < -0.39 is 11.6 Å². The van der Waals surface area contributed by atoms with Crippen LogP contribution in [0.3, 0.4) is 0 Å². The first-order valence-corrected chi connectivity index (χ1v) is 9.51. The fourth-order valence-corrected chi connectivity index (χ4v) is 3.53. The monoisotopic (exact) mass is 390 g/mol. The number of rotatable bonds is 9. The Morgan fingerprint density at radius 3 is 2.75 bits per heavy atom. The van der Waals surface area contributed by atoms with Crippen molar-refractivity contribution >= 4 is 17.8 Å². The second-order valence-electron chi connectivity index (χ2n) is 7.05. The lowest BCUT2D eigenvalue weighted by atomic mass is 9.98. The zero-order valence-corrected chi connectivity index (χ0v) is 16.0. The van der Waals surface area contributed by atoms with E-state index in [-0.39, 0.29) is 24.8 Å². The van der Waals surface area contributed by atoms with Gasteiger partial charge in [0.15, 0.2) is 0 Å². The maximum absolute atomic E-state index is 12.5. The molecule has 9 heteroatoms. The summed E-state index contributed by atoms with van der Waals surface area (Å²) >= 11 is 0. The Morgan fingerprint density at radius 1 is 1.29 bits per heavy atom. The predicted molar refractivity (Wildman–Crippen MR) is 99.5 cm³/mol. The molecule has 0 aromatic carbocycles. The summed E-state index contributed by atoms with van der Waals surface area (Å²) in [6.45, 7) is 1.30. The Bertz CT molecular complexity index is 716. The number of nitrogens with zero attached hydrogens (tertiary/aromatic N) is 2. The molecule has 1 saturated carbocycles. The van der Waals surface area contributed by atoms with E-state index in [9.17, 15) is 14.4 Å². The van der Waals surface area contributed by atoms with Crippen LogP contribution in [0.1, 0.15) is 37.7 Å². The van der Waals surface area contributed by atoms with Gasteiger partial charge in [0.2, 0.25) is 11.8 Å². The van der Waals surface area contributed by atoms with Crippen molar-refractivity contribution in [1.82, 2.24) is 20.5 Å². The van der Waals surface area contributed by atoms with Gasteiger partial charge in [-0.25, -0.2) is 9.78 Å². The van der Waals surface area contributed by atoms with Crippen molar-refractivity contribution in [3.8, 4) is 5.88 Å². The number of imide groups is 1. The molecular weight excluding hydrogens is 364 g/mol. The van der Waals surface area contributed by atoms with Gasteiger partial charge >= 0.3 is 6.03 Å². The second-order valence-corrected chi connectivity index (χ2v) is 7.05. The van der Waals surface area contributed by atoms with Crippen LogP contribution in [0.2, 0.25) is 0 Å². The lowest BCUT2D eigenvalue weighted by Crippen LogP contribution is -2.44. The molecule has 1 aromatic rings. The van der Waals surface area contributed by atoms with E-state index in [1.807, 2.05) is 6.07 Å². The van der Waals surface area contributed by atoms with Gasteiger partial charge in [0.25, 0.3) is 5.91 Å². The van der Waals surface area contributed by atoms with Crippen molar-refractivity contribution in [2.75, 3.05) is 26.9 Å². The van der Waals surface area contributed by atoms with Crippen molar-refractivity contribution in [2.45, 2.75) is 44.2 Å². The van der Waals surface area contributed by atoms with Crippen molar-refractivity contribution in [1.29, 1.82) is 0 Å². The number of hydrogen-bond donors (Lipinski definition) is 2. The van der Waals surface area contributed by atoms with Gasteiger partial charge in [0, 0.05) is 38.9 Å². The van der Waals surface area contributed by atoms with Crippen LogP contribution in [0.5, 0.6) is 5.88 Å². The van der Waals surface area contributed by atoms with E-state index >= 15 is 0 Å². The van der Waals surface area contributed by atoms with Crippen LogP contribution < -0.4 is 15.4 Å². The van der Waals surface area contributed by atoms with Gasteiger partial charge in [-0.3, -0.25) is 14.5 Å². The highest BCUT2D eigenvalue weighted by Gasteiger charge is 2.52. The first-order valence-electron chi connectivity index (χ1n) is 9.51. The highest BCUT2D eigenvalue weighted by atomic mass is 16.5. The molecule has 9 nitrogen and oxygen atoms in total. The molecule has 2 N–H and O–H groups in total. The molecule has 4 amide bonds. The van der Waals surface area contributed by atoms with Crippen molar-refractivity contribution in [2.24, 2.45) is 0 Å². The summed E-state index contributed by atoms with van der Waals surface area (Å²) in [6.07, 6.45) is 4.93. The first-order chi connectivity index (χ1) is 13.5. The van der Waals surface area contributed by atoms with Crippen molar-refractivity contribution in [3.05, 3.63) is 23.9 Å². The smallest absolute Gasteiger partial charge is 0.325 e. The van der Waals surface area contributed by atoms with E-state index in [2.05, 4.69) is 15.6 Å². The lowest BCUT2D eigenvalue weighted by Gasteiger charge is -2.19. The normalized spacial score (nSPS) is 17.8. The number of amides is 4. The van der Waals surface area contributed by atoms with Gasteiger partial charge in [-0.1, -0.05) is 18.9 Å². The quantitative estimate of drug-likeness (QED) is 0.480.